The molecular weight excluding hydrogens is 262 g/mol. The molecule has 3 rings (SSSR count). The van der Waals surface area contributed by atoms with Crippen LogP contribution in [-0.4, -0.2) is 24.2 Å². The highest BCUT2D eigenvalue weighted by Gasteiger charge is 2.29. The first kappa shape index (κ1) is 14.2. The average Bonchev–Trinajstić information content (AvgIpc) is 3.31. The third-order valence-corrected chi connectivity index (χ3v) is 4.33. The second kappa shape index (κ2) is 5.92. The largest absolute Gasteiger partial charge is 0.478 e. The zero-order valence-electron chi connectivity index (χ0n) is 12.6. The predicted molar refractivity (Wildman–Crippen MR) is 85.5 cm³/mol. The minimum absolute atomic E-state index is 0.884. The van der Waals surface area contributed by atoms with Crippen molar-refractivity contribution in [1.82, 2.24) is 0 Å². The predicted octanol–water partition coefficient (Wildman–Crippen LogP) is 3.72. The first-order chi connectivity index (χ1) is 10.1. The van der Waals surface area contributed by atoms with Gasteiger partial charge in [-0.2, -0.15) is 0 Å². The molecule has 3 heteroatoms. The van der Waals surface area contributed by atoms with E-state index in [-0.39, 0.29) is 0 Å². The molecular formula is C18H23NO2. The van der Waals surface area contributed by atoms with E-state index in [2.05, 4.69) is 24.0 Å². The Balaban J connectivity index is 1.76. The Morgan fingerprint density at radius 2 is 1.86 bits per heavy atom. The van der Waals surface area contributed by atoms with Crippen LogP contribution >= 0.6 is 0 Å². The summed E-state index contributed by atoms with van der Waals surface area (Å²) < 4.78 is 0. The Kier molecular flexibility index (Phi) is 4.00. The summed E-state index contributed by atoms with van der Waals surface area (Å²) in [5, 5.41) is 8.70. The van der Waals surface area contributed by atoms with Crippen molar-refractivity contribution in [2.75, 3.05) is 18.0 Å². The number of benzene rings is 1. The van der Waals surface area contributed by atoms with Gasteiger partial charge in [0.15, 0.2) is 0 Å². The number of carboxylic acid groups (broad SMARTS) is 1. The summed E-state index contributed by atoms with van der Waals surface area (Å²) in [4.78, 5) is 13.1. The van der Waals surface area contributed by atoms with Crippen LogP contribution in [-0.2, 0) is 4.79 Å². The van der Waals surface area contributed by atoms with Crippen LogP contribution in [0, 0.1) is 18.8 Å². The number of hydrogen-bond acceptors (Lipinski definition) is 2. The minimum Gasteiger partial charge on any atom is -0.478 e. The maximum Gasteiger partial charge on any atom is 0.328 e. The fourth-order valence-electron chi connectivity index (χ4n) is 2.80. The molecule has 112 valence electrons. The van der Waals surface area contributed by atoms with E-state index in [9.17, 15) is 4.79 Å². The van der Waals surface area contributed by atoms with Crippen LogP contribution < -0.4 is 4.90 Å². The van der Waals surface area contributed by atoms with Gasteiger partial charge in [0.2, 0.25) is 0 Å². The number of hydrogen-bond donors (Lipinski definition) is 1. The number of nitrogens with zero attached hydrogens (tertiary/aromatic N) is 1. The molecule has 2 saturated carbocycles. The van der Waals surface area contributed by atoms with Crippen molar-refractivity contribution in [2.24, 2.45) is 11.8 Å². The molecule has 1 aromatic carbocycles. The van der Waals surface area contributed by atoms with Crippen molar-refractivity contribution in [3.8, 4) is 0 Å². The van der Waals surface area contributed by atoms with Crippen molar-refractivity contribution in [2.45, 2.75) is 32.6 Å². The molecule has 2 fully saturated rings. The third-order valence-electron chi connectivity index (χ3n) is 4.33. The van der Waals surface area contributed by atoms with Crippen LogP contribution in [0.2, 0.25) is 0 Å². The van der Waals surface area contributed by atoms with Gasteiger partial charge in [0.1, 0.15) is 0 Å². The molecule has 3 nitrogen and oxygen atoms in total. The number of rotatable bonds is 7. The van der Waals surface area contributed by atoms with Crippen molar-refractivity contribution in [1.29, 1.82) is 0 Å². The number of carboxylic acids is 1. The molecule has 2 aliphatic carbocycles. The van der Waals surface area contributed by atoms with Gasteiger partial charge in [-0.05, 0) is 73.8 Å². The third kappa shape index (κ3) is 4.10. The van der Waals surface area contributed by atoms with E-state index in [4.69, 9.17) is 5.11 Å². The van der Waals surface area contributed by atoms with E-state index in [1.165, 1.54) is 56.1 Å². The molecule has 0 atom stereocenters. The molecule has 0 unspecified atom stereocenters. The highest BCUT2D eigenvalue weighted by molar-refractivity contribution is 5.85. The highest BCUT2D eigenvalue weighted by atomic mass is 16.4. The van der Waals surface area contributed by atoms with Crippen molar-refractivity contribution < 1.29 is 9.90 Å². The maximum atomic E-state index is 10.6. The molecule has 0 radical (unpaired) electrons. The van der Waals surface area contributed by atoms with Gasteiger partial charge < -0.3 is 10.0 Å². The molecule has 0 bridgehead atoms. The van der Waals surface area contributed by atoms with Crippen LogP contribution in [0.5, 0.6) is 0 Å². The van der Waals surface area contributed by atoms with Gasteiger partial charge in [-0.25, -0.2) is 4.79 Å². The molecule has 0 aliphatic heterocycles. The van der Waals surface area contributed by atoms with E-state index in [1.807, 2.05) is 6.07 Å². The minimum atomic E-state index is -0.902. The van der Waals surface area contributed by atoms with E-state index in [0.717, 1.165) is 17.4 Å². The van der Waals surface area contributed by atoms with E-state index in [0.29, 0.717) is 0 Å². The zero-order chi connectivity index (χ0) is 14.8. The SMILES string of the molecule is Cc1cc(C=CC(=O)O)ccc1N(CC1CC1)CC1CC1. The smallest absolute Gasteiger partial charge is 0.328 e. The van der Waals surface area contributed by atoms with Gasteiger partial charge in [-0.1, -0.05) is 6.07 Å². The number of anilines is 1. The Morgan fingerprint density at radius 3 is 2.33 bits per heavy atom. The lowest BCUT2D eigenvalue weighted by Gasteiger charge is -2.27. The number of aliphatic carboxylic acids is 1. The summed E-state index contributed by atoms with van der Waals surface area (Å²) in [5.74, 6) is 0.866. The summed E-state index contributed by atoms with van der Waals surface area (Å²) in [6, 6.07) is 6.26. The van der Waals surface area contributed by atoms with Gasteiger partial charge in [0, 0.05) is 24.9 Å². The van der Waals surface area contributed by atoms with Crippen LogP contribution in [0.4, 0.5) is 5.69 Å². The standard InChI is InChI=1S/C18H23NO2/c1-13-10-14(7-9-18(20)21)6-8-17(13)19(11-15-2-3-15)12-16-4-5-16/h6-10,15-16H,2-5,11-12H2,1H3,(H,20,21). The fourth-order valence-corrected chi connectivity index (χ4v) is 2.80. The van der Waals surface area contributed by atoms with Crippen LogP contribution in [0.1, 0.15) is 36.8 Å². The van der Waals surface area contributed by atoms with Gasteiger partial charge in [0.05, 0.1) is 0 Å². The molecule has 2 aliphatic rings. The molecule has 0 heterocycles. The lowest BCUT2D eigenvalue weighted by molar-refractivity contribution is -0.131. The second-order valence-corrected chi connectivity index (χ2v) is 6.51. The molecule has 1 aromatic rings. The van der Waals surface area contributed by atoms with Crippen LogP contribution in [0.15, 0.2) is 24.3 Å². The Morgan fingerprint density at radius 1 is 1.24 bits per heavy atom. The summed E-state index contributed by atoms with van der Waals surface area (Å²) in [5.41, 5.74) is 3.52. The molecule has 21 heavy (non-hydrogen) atoms. The Labute approximate surface area is 126 Å². The zero-order valence-corrected chi connectivity index (χ0v) is 12.6. The maximum absolute atomic E-state index is 10.6. The quantitative estimate of drug-likeness (QED) is 0.776. The molecule has 1 N–H and O–H groups in total. The van der Waals surface area contributed by atoms with Crippen molar-refractivity contribution in [3.63, 3.8) is 0 Å². The van der Waals surface area contributed by atoms with Crippen molar-refractivity contribution >= 4 is 17.7 Å². The van der Waals surface area contributed by atoms with Gasteiger partial charge in [-0.3, -0.25) is 0 Å². The average molecular weight is 285 g/mol. The highest BCUT2D eigenvalue weighted by Crippen LogP contribution is 2.36. The van der Waals surface area contributed by atoms with E-state index >= 15 is 0 Å². The van der Waals surface area contributed by atoms with Crippen LogP contribution in [0.25, 0.3) is 6.08 Å². The Bertz CT molecular complexity index is 542. The van der Waals surface area contributed by atoms with E-state index in [1.54, 1.807) is 6.08 Å². The first-order valence-electron chi connectivity index (χ1n) is 7.88. The lowest BCUT2D eigenvalue weighted by atomic mass is 10.1. The number of carbonyl (C=O) groups is 1. The monoisotopic (exact) mass is 285 g/mol. The normalized spacial score (nSPS) is 18.1. The van der Waals surface area contributed by atoms with Crippen molar-refractivity contribution in [3.05, 3.63) is 35.4 Å². The summed E-state index contributed by atoms with van der Waals surface area (Å²) in [6.07, 6.45) is 8.35. The number of aryl methyl sites for hydroxylation is 1. The lowest BCUT2D eigenvalue weighted by Crippen LogP contribution is -2.28. The molecule has 0 saturated heterocycles. The van der Waals surface area contributed by atoms with Crippen LogP contribution in [0.3, 0.4) is 0 Å². The first-order valence-corrected chi connectivity index (χ1v) is 7.88. The van der Waals surface area contributed by atoms with Gasteiger partial charge in [-0.15, -0.1) is 0 Å². The summed E-state index contributed by atoms with van der Waals surface area (Å²) in [7, 11) is 0. The topological polar surface area (TPSA) is 40.5 Å². The van der Waals surface area contributed by atoms with Gasteiger partial charge >= 0.3 is 5.97 Å². The molecule has 0 spiro atoms. The van der Waals surface area contributed by atoms with E-state index < -0.39 is 5.97 Å². The summed E-state index contributed by atoms with van der Waals surface area (Å²) >= 11 is 0. The fraction of sp³-hybridized carbons (Fsp3) is 0.500. The molecule has 0 aromatic heterocycles. The second-order valence-electron chi connectivity index (χ2n) is 6.51. The molecule has 0 amide bonds. The Hall–Kier alpha value is -1.77. The van der Waals surface area contributed by atoms with Gasteiger partial charge in [0.25, 0.3) is 0 Å². The summed E-state index contributed by atoms with van der Waals surface area (Å²) in [6.45, 7) is 4.49.